The zero-order chi connectivity index (χ0) is 17.1. The predicted molar refractivity (Wildman–Crippen MR) is 86.7 cm³/mol. The summed E-state index contributed by atoms with van der Waals surface area (Å²) < 4.78 is 18.6. The Morgan fingerprint density at radius 1 is 1.09 bits per heavy atom. The van der Waals surface area contributed by atoms with Crippen molar-refractivity contribution in [2.75, 3.05) is 6.61 Å². The van der Waals surface area contributed by atoms with Gasteiger partial charge in [-0.3, -0.25) is 4.79 Å². The first-order valence-electron chi connectivity index (χ1n) is 7.03. The second-order valence-corrected chi connectivity index (χ2v) is 5.75. The smallest absolute Gasteiger partial charge is 0.343 e. The summed E-state index contributed by atoms with van der Waals surface area (Å²) in [5.41, 5.74) is 2.98. The van der Waals surface area contributed by atoms with Gasteiger partial charge < -0.3 is 4.74 Å². The average Bonchev–Trinajstić information content (AvgIpc) is 2.48. The van der Waals surface area contributed by atoms with E-state index in [0.717, 1.165) is 22.8 Å². The van der Waals surface area contributed by atoms with Crippen LogP contribution in [-0.2, 0) is 4.74 Å². The maximum absolute atomic E-state index is 13.6. The summed E-state index contributed by atoms with van der Waals surface area (Å²) in [4.78, 5) is 24.2. The van der Waals surface area contributed by atoms with Crippen LogP contribution in [0.4, 0.5) is 4.39 Å². The summed E-state index contributed by atoms with van der Waals surface area (Å²) in [6.45, 7) is 5.20. The summed E-state index contributed by atoms with van der Waals surface area (Å²) in [7, 11) is 0. The van der Waals surface area contributed by atoms with Crippen LogP contribution in [0.15, 0.2) is 30.3 Å². The molecule has 0 aliphatic rings. The lowest BCUT2D eigenvalue weighted by atomic mass is 9.98. The number of halogens is 2. The molecule has 0 radical (unpaired) electrons. The number of carbonyl (C=O) groups excluding carboxylic acids is 2. The van der Waals surface area contributed by atoms with Crippen LogP contribution in [0.3, 0.4) is 0 Å². The van der Waals surface area contributed by atoms with Crippen LogP contribution in [0.25, 0.3) is 0 Å². The molecule has 0 bridgehead atoms. The third-order valence-electron chi connectivity index (χ3n) is 3.64. The van der Waals surface area contributed by atoms with E-state index in [-0.39, 0.29) is 16.4 Å². The number of hydrogen-bond acceptors (Lipinski definition) is 3. The zero-order valence-corrected chi connectivity index (χ0v) is 13.8. The van der Waals surface area contributed by atoms with E-state index in [0.29, 0.717) is 5.56 Å². The van der Waals surface area contributed by atoms with Gasteiger partial charge >= 0.3 is 5.97 Å². The number of hydrogen-bond donors (Lipinski definition) is 0. The fourth-order valence-electron chi connectivity index (χ4n) is 2.23. The van der Waals surface area contributed by atoms with Crippen LogP contribution in [0.2, 0.25) is 5.02 Å². The number of carbonyl (C=O) groups is 2. The minimum Gasteiger partial charge on any atom is -0.454 e. The second kappa shape index (κ2) is 6.92. The van der Waals surface area contributed by atoms with Crippen molar-refractivity contribution >= 4 is 23.4 Å². The van der Waals surface area contributed by atoms with Gasteiger partial charge in [-0.05, 0) is 55.7 Å². The lowest BCUT2D eigenvalue weighted by Gasteiger charge is -2.10. The number of ether oxygens (including phenoxy) is 1. The maximum Gasteiger partial charge on any atom is 0.343 e. The lowest BCUT2D eigenvalue weighted by molar-refractivity contribution is 0.0470. The van der Waals surface area contributed by atoms with Crippen molar-refractivity contribution in [3.05, 3.63) is 69.0 Å². The van der Waals surface area contributed by atoms with Crippen LogP contribution in [0.5, 0.6) is 0 Å². The SMILES string of the molecule is Cc1cc(C)c(C(=O)COC(=O)c2c(F)cccc2Cl)cc1C. The highest BCUT2D eigenvalue weighted by Crippen LogP contribution is 2.20. The van der Waals surface area contributed by atoms with Crippen LogP contribution < -0.4 is 0 Å². The summed E-state index contributed by atoms with van der Waals surface area (Å²) in [5, 5.41) is -0.0511. The Balaban J connectivity index is 2.13. The third-order valence-corrected chi connectivity index (χ3v) is 3.96. The molecule has 23 heavy (non-hydrogen) atoms. The molecule has 5 heteroatoms. The summed E-state index contributed by atoms with van der Waals surface area (Å²) >= 11 is 5.79. The molecule has 0 saturated heterocycles. The van der Waals surface area contributed by atoms with E-state index < -0.39 is 18.4 Å². The maximum atomic E-state index is 13.6. The van der Waals surface area contributed by atoms with E-state index in [1.807, 2.05) is 26.8 Å². The average molecular weight is 335 g/mol. The number of rotatable bonds is 4. The molecular weight excluding hydrogens is 319 g/mol. The van der Waals surface area contributed by atoms with Crippen molar-refractivity contribution in [2.24, 2.45) is 0 Å². The largest absolute Gasteiger partial charge is 0.454 e. The van der Waals surface area contributed by atoms with Crippen LogP contribution >= 0.6 is 11.6 Å². The minimum atomic E-state index is -0.956. The Kier molecular flexibility index (Phi) is 5.16. The van der Waals surface area contributed by atoms with Gasteiger partial charge in [-0.25, -0.2) is 9.18 Å². The number of benzene rings is 2. The summed E-state index contributed by atoms with van der Waals surface area (Å²) in [5.74, 6) is -2.08. The Morgan fingerprint density at radius 3 is 2.39 bits per heavy atom. The molecule has 0 aliphatic heterocycles. The van der Waals surface area contributed by atoms with Crippen molar-refractivity contribution in [3.8, 4) is 0 Å². The van der Waals surface area contributed by atoms with Crippen LogP contribution in [0, 0.1) is 26.6 Å². The topological polar surface area (TPSA) is 43.4 Å². The molecule has 0 unspecified atom stereocenters. The molecule has 0 fully saturated rings. The molecule has 0 amide bonds. The molecule has 0 saturated carbocycles. The highest BCUT2D eigenvalue weighted by atomic mass is 35.5. The van der Waals surface area contributed by atoms with E-state index in [1.54, 1.807) is 6.07 Å². The van der Waals surface area contributed by atoms with Gasteiger partial charge in [-0.1, -0.05) is 23.7 Å². The van der Waals surface area contributed by atoms with E-state index in [1.165, 1.54) is 12.1 Å². The van der Waals surface area contributed by atoms with Gasteiger partial charge in [-0.2, -0.15) is 0 Å². The fourth-order valence-corrected chi connectivity index (χ4v) is 2.47. The molecule has 2 aromatic rings. The second-order valence-electron chi connectivity index (χ2n) is 5.35. The molecule has 0 N–H and O–H groups in total. The first kappa shape index (κ1) is 17.2. The summed E-state index contributed by atoms with van der Waals surface area (Å²) in [6, 6.07) is 7.54. The van der Waals surface area contributed by atoms with Gasteiger partial charge in [0, 0.05) is 5.56 Å². The van der Waals surface area contributed by atoms with E-state index >= 15 is 0 Å². The Hall–Kier alpha value is -2.20. The third kappa shape index (κ3) is 3.77. The first-order valence-corrected chi connectivity index (χ1v) is 7.41. The molecule has 120 valence electrons. The lowest BCUT2D eigenvalue weighted by Crippen LogP contribution is -2.16. The Morgan fingerprint density at radius 2 is 1.74 bits per heavy atom. The molecule has 2 rings (SSSR count). The van der Waals surface area contributed by atoms with Gasteiger partial charge in [0.2, 0.25) is 5.78 Å². The Labute approximate surface area is 139 Å². The zero-order valence-electron chi connectivity index (χ0n) is 13.1. The van der Waals surface area contributed by atoms with Crippen molar-refractivity contribution in [1.29, 1.82) is 0 Å². The standard InChI is InChI=1S/C18H16ClFO3/c1-10-7-12(3)13(8-11(10)2)16(21)9-23-18(22)17-14(19)5-4-6-15(17)20/h4-8H,9H2,1-3H3. The van der Waals surface area contributed by atoms with Crippen molar-refractivity contribution in [2.45, 2.75) is 20.8 Å². The van der Waals surface area contributed by atoms with Gasteiger partial charge in [0.15, 0.2) is 6.61 Å². The number of Topliss-reactive ketones (excluding diaryl/α,β-unsaturated/α-hetero) is 1. The van der Waals surface area contributed by atoms with Crippen LogP contribution in [-0.4, -0.2) is 18.4 Å². The van der Waals surface area contributed by atoms with E-state index in [9.17, 15) is 14.0 Å². The van der Waals surface area contributed by atoms with Crippen molar-refractivity contribution in [1.82, 2.24) is 0 Å². The molecule has 0 aromatic heterocycles. The minimum absolute atomic E-state index is 0.0511. The highest BCUT2D eigenvalue weighted by molar-refractivity contribution is 6.33. The molecule has 3 nitrogen and oxygen atoms in total. The van der Waals surface area contributed by atoms with Crippen molar-refractivity contribution in [3.63, 3.8) is 0 Å². The van der Waals surface area contributed by atoms with E-state index in [4.69, 9.17) is 16.3 Å². The Bertz CT molecular complexity index is 764. The molecule has 2 aromatic carbocycles. The van der Waals surface area contributed by atoms with Gasteiger partial charge in [0.05, 0.1) is 5.02 Å². The van der Waals surface area contributed by atoms with E-state index in [2.05, 4.69) is 0 Å². The fraction of sp³-hybridized carbons (Fsp3) is 0.222. The van der Waals surface area contributed by atoms with Gasteiger partial charge in [0.25, 0.3) is 0 Å². The molecular formula is C18H16ClFO3. The molecule has 0 atom stereocenters. The monoisotopic (exact) mass is 334 g/mol. The normalized spacial score (nSPS) is 10.5. The van der Waals surface area contributed by atoms with Crippen LogP contribution in [0.1, 0.15) is 37.4 Å². The quantitative estimate of drug-likeness (QED) is 0.613. The highest BCUT2D eigenvalue weighted by Gasteiger charge is 2.19. The van der Waals surface area contributed by atoms with Gasteiger partial charge in [-0.15, -0.1) is 0 Å². The molecule has 0 aliphatic carbocycles. The number of esters is 1. The molecule has 0 spiro atoms. The number of ketones is 1. The predicted octanol–water partition coefficient (Wildman–Crippen LogP) is 4.44. The summed E-state index contributed by atoms with van der Waals surface area (Å²) in [6.07, 6.45) is 0. The first-order chi connectivity index (χ1) is 10.8. The number of aryl methyl sites for hydroxylation is 3. The van der Waals surface area contributed by atoms with Crippen molar-refractivity contribution < 1.29 is 18.7 Å². The molecule has 0 heterocycles. The van der Waals surface area contributed by atoms with Gasteiger partial charge in [0.1, 0.15) is 11.4 Å².